The van der Waals surface area contributed by atoms with E-state index in [-0.39, 0.29) is 22.3 Å². The number of nitrogens with zero attached hydrogens (tertiary/aromatic N) is 4. The second-order valence-corrected chi connectivity index (χ2v) is 4.72. The molecule has 3 rings (SSSR count). The first-order valence-electron chi connectivity index (χ1n) is 5.77. The van der Waals surface area contributed by atoms with Gasteiger partial charge in [-0.3, -0.25) is 4.57 Å². The van der Waals surface area contributed by atoms with E-state index in [0.717, 1.165) is 0 Å². The van der Waals surface area contributed by atoms with Gasteiger partial charge in [0.15, 0.2) is 23.9 Å². The Morgan fingerprint density at radius 3 is 2.90 bits per heavy atom. The quantitative estimate of drug-likeness (QED) is 0.649. The molecule has 20 heavy (non-hydrogen) atoms. The Morgan fingerprint density at radius 2 is 2.25 bits per heavy atom. The van der Waals surface area contributed by atoms with Gasteiger partial charge < -0.3 is 20.7 Å². The fraction of sp³-hybridized carbons (Fsp3) is 0.500. The number of hydrogen-bond donors (Lipinski definition) is 3. The molecule has 0 amide bonds. The first-order valence-corrected chi connectivity index (χ1v) is 6.14. The van der Waals surface area contributed by atoms with Gasteiger partial charge in [-0.1, -0.05) is 0 Å². The average Bonchev–Trinajstić information content (AvgIpc) is 2.93. The molecule has 0 bridgehead atoms. The van der Waals surface area contributed by atoms with Gasteiger partial charge in [-0.2, -0.15) is 9.97 Å². The minimum Gasteiger partial charge on any atom is -0.394 e. The van der Waals surface area contributed by atoms with Crippen LogP contribution in [0, 0.1) is 0 Å². The van der Waals surface area contributed by atoms with E-state index < -0.39 is 31.2 Å². The predicted octanol–water partition coefficient (Wildman–Crippen LogP) is -0.349. The monoisotopic (exact) mass is 303 g/mol. The van der Waals surface area contributed by atoms with Crippen LogP contribution in [0.3, 0.4) is 0 Å². The van der Waals surface area contributed by atoms with Crippen molar-refractivity contribution >= 4 is 28.6 Å². The number of anilines is 1. The zero-order valence-corrected chi connectivity index (χ0v) is 10.8. The summed E-state index contributed by atoms with van der Waals surface area (Å²) in [6.07, 6.45) is -4.08. The maximum absolute atomic E-state index is 14.1. The van der Waals surface area contributed by atoms with Crippen LogP contribution in [0.4, 0.5) is 10.2 Å². The molecule has 1 aliphatic rings. The number of fused-ring (bicyclic) bond motifs is 1. The molecule has 1 saturated heterocycles. The largest absolute Gasteiger partial charge is 0.394 e. The highest BCUT2D eigenvalue weighted by molar-refractivity contribution is 6.28. The maximum atomic E-state index is 14.1. The zero-order chi connectivity index (χ0) is 14.4. The number of aromatic nitrogens is 4. The third-order valence-corrected chi connectivity index (χ3v) is 3.34. The molecule has 4 atom stereocenters. The molecule has 0 aromatic carbocycles. The van der Waals surface area contributed by atoms with Gasteiger partial charge in [-0.25, -0.2) is 9.37 Å². The Hall–Kier alpha value is -1.55. The van der Waals surface area contributed by atoms with Crippen LogP contribution in [0.25, 0.3) is 11.2 Å². The van der Waals surface area contributed by atoms with Crippen LogP contribution in [-0.2, 0) is 4.74 Å². The molecule has 1 aliphatic heterocycles. The third kappa shape index (κ3) is 1.90. The van der Waals surface area contributed by atoms with Crippen LogP contribution in [0.15, 0.2) is 6.33 Å². The van der Waals surface area contributed by atoms with Crippen molar-refractivity contribution in [3.05, 3.63) is 11.6 Å². The molecule has 2 aromatic heterocycles. The summed E-state index contributed by atoms with van der Waals surface area (Å²) in [6, 6.07) is 0. The summed E-state index contributed by atoms with van der Waals surface area (Å²) >= 11 is 5.71. The topological polar surface area (TPSA) is 119 Å². The number of nitrogens with two attached hydrogens (primary N) is 1. The molecular formula is C10H11ClFN5O3. The number of rotatable bonds is 2. The van der Waals surface area contributed by atoms with E-state index >= 15 is 0 Å². The molecule has 4 N–H and O–H groups in total. The van der Waals surface area contributed by atoms with Crippen molar-refractivity contribution in [1.29, 1.82) is 0 Å². The van der Waals surface area contributed by atoms with Crippen molar-refractivity contribution in [1.82, 2.24) is 19.5 Å². The molecular weight excluding hydrogens is 293 g/mol. The Kier molecular flexibility index (Phi) is 3.21. The molecule has 0 aliphatic carbocycles. The van der Waals surface area contributed by atoms with Crippen molar-refractivity contribution in [2.24, 2.45) is 0 Å². The van der Waals surface area contributed by atoms with E-state index in [4.69, 9.17) is 27.2 Å². The molecule has 0 radical (unpaired) electrons. The number of nitrogen functional groups attached to an aromatic ring is 1. The molecule has 10 heteroatoms. The van der Waals surface area contributed by atoms with Gasteiger partial charge in [-0.15, -0.1) is 0 Å². The maximum Gasteiger partial charge on any atom is 0.226 e. The minimum atomic E-state index is -1.74. The van der Waals surface area contributed by atoms with E-state index in [9.17, 15) is 9.50 Å². The van der Waals surface area contributed by atoms with Gasteiger partial charge in [0.2, 0.25) is 5.28 Å². The Bertz CT molecular complexity index is 653. The van der Waals surface area contributed by atoms with E-state index in [1.54, 1.807) is 0 Å². The van der Waals surface area contributed by atoms with Gasteiger partial charge in [0, 0.05) is 0 Å². The van der Waals surface area contributed by atoms with Crippen LogP contribution in [-0.4, -0.2) is 54.7 Å². The van der Waals surface area contributed by atoms with E-state index in [1.807, 2.05) is 0 Å². The van der Waals surface area contributed by atoms with Gasteiger partial charge in [0.05, 0.1) is 12.9 Å². The van der Waals surface area contributed by atoms with Crippen molar-refractivity contribution in [2.75, 3.05) is 12.3 Å². The van der Waals surface area contributed by atoms with Crippen molar-refractivity contribution in [2.45, 2.75) is 24.6 Å². The highest BCUT2D eigenvalue weighted by Gasteiger charge is 2.45. The zero-order valence-electron chi connectivity index (χ0n) is 10.0. The lowest BCUT2D eigenvalue weighted by molar-refractivity contribution is -0.0459. The van der Waals surface area contributed by atoms with Crippen LogP contribution in [0.2, 0.25) is 5.28 Å². The Labute approximate surface area is 117 Å². The fourth-order valence-electron chi connectivity index (χ4n) is 2.18. The number of halogens is 2. The third-order valence-electron chi connectivity index (χ3n) is 3.17. The average molecular weight is 304 g/mol. The number of imidazole rings is 1. The normalized spacial score (nSPS) is 30.2. The lowest BCUT2D eigenvalue weighted by Crippen LogP contribution is -2.30. The van der Waals surface area contributed by atoms with Crippen LogP contribution >= 0.6 is 11.6 Å². The summed E-state index contributed by atoms with van der Waals surface area (Å²) in [5, 5.41) is 18.6. The summed E-state index contributed by atoms with van der Waals surface area (Å²) < 4.78 is 20.6. The van der Waals surface area contributed by atoms with Gasteiger partial charge >= 0.3 is 0 Å². The van der Waals surface area contributed by atoms with E-state index in [0.29, 0.717) is 0 Å². The van der Waals surface area contributed by atoms with Gasteiger partial charge in [-0.05, 0) is 11.6 Å². The van der Waals surface area contributed by atoms with E-state index in [2.05, 4.69) is 15.0 Å². The first kappa shape index (κ1) is 13.4. The molecule has 1 fully saturated rings. The van der Waals surface area contributed by atoms with Gasteiger partial charge in [0.1, 0.15) is 17.7 Å². The lowest BCUT2D eigenvalue weighted by Gasteiger charge is -2.15. The van der Waals surface area contributed by atoms with Crippen LogP contribution in [0.1, 0.15) is 6.23 Å². The number of aliphatic hydroxyl groups excluding tert-OH is 2. The molecule has 1 unspecified atom stereocenters. The van der Waals surface area contributed by atoms with Crippen molar-refractivity contribution in [3.8, 4) is 0 Å². The van der Waals surface area contributed by atoms with Crippen LogP contribution < -0.4 is 5.73 Å². The second-order valence-electron chi connectivity index (χ2n) is 4.38. The second kappa shape index (κ2) is 4.77. The van der Waals surface area contributed by atoms with Crippen molar-refractivity contribution < 1.29 is 19.3 Å². The highest BCUT2D eigenvalue weighted by Crippen LogP contribution is 2.34. The molecule has 108 valence electrons. The SMILES string of the molecule is Nc1nc(Cl)nc2c1ncn2[C@@H]1O[C@H](CO)C(O)[C@H]1F. The number of hydrogen-bond acceptors (Lipinski definition) is 7. The summed E-state index contributed by atoms with van der Waals surface area (Å²) in [6.45, 7) is -0.497. The summed E-state index contributed by atoms with van der Waals surface area (Å²) in [7, 11) is 0. The van der Waals surface area contributed by atoms with Gasteiger partial charge in [0.25, 0.3) is 0 Å². The molecule has 2 aromatic rings. The minimum absolute atomic E-state index is 0.0615. The Morgan fingerprint density at radius 1 is 1.50 bits per heavy atom. The molecule has 0 saturated carbocycles. The molecule has 8 nitrogen and oxygen atoms in total. The summed E-state index contributed by atoms with van der Waals surface area (Å²) in [4.78, 5) is 11.7. The smallest absolute Gasteiger partial charge is 0.226 e. The number of aliphatic hydroxyl groups is 2. The lowest BCUT2D eigenvalue weighted by atomic mass is 10.1. The first-order chi connectivity index (χ1) is 9.52. The van der Waals surface area contributed by atoms with E-state index in [1.165, 1.54) is 10.9 Å². The summed E-state index contributed by atoms with van der Waals surface area (Å²) in [5.74, 6) is 0.0615. The standard InChI is InChI=1S/C10H11ClFN5O3/c11-10-15-7(13)5-8(16-10)17(2-14-5)9-4(12)6(19)3(1-18)20-9/h2-4,6,9,18-19H,1H2,(H2,13,15,16)/t3-,4-,6?,9-/m1/s1. The Balaban J connectivity index is 2.07. The highest BCUT2D eigenvalue weighted by atomic mass is 35.5. The van der Waals surface area contributed by atoms with Crippen molar-refractivity contribution in [3.63, 3.8) is 0 Å². The number of alkyl halides is 1. The molecule has 0 spiro atoms. The van der Waals surface area contributed by atoms with Crippen LogP contribution in [0.5, 0.6) is 0 Å². The summed E-state index contributed by atoms with van der Waals surface area (Å²) in [5.41, 5.74) is 6.10. The molecule has 3 heterocycles. The predicted molar refractivity (Wildman–Crippen MR) is 66.6 cm³/mol. The number of ether oxygens (including phenoxy) is 1. The fourth-order valence-corrected chi connectivity index (χ4v) is 2.35.